The fourth-order valence-corrected chi connectivity index (χ4v) is 4.96. The Balaban J connectivity index is 1.71. The van der Waals surface area contributed by atoms with Gasteiger partial charge >= 0.3 is 6.18 Å². The third kappa shape index (κ3) is 3.85. The second kappa shape index (κ2) is 6.99. The van der Waals surface area contributed by atoms with E-state index in [-0.39, 0.29) is 36.7 Å². The quantitative estimate of drug-likeness (QED) is 0.792. The largest absolute Gasteiger partial charge is 0.416 e. The van der Waals surface area contributed by atoms with Crippen LogP contribution in [0.4, 0.5) is 13.2 Å². The van der Waals surface area contributed by atoms with Gasteiger partial charge in [0.05, 0.1) is 10.8 Å². The molecule has 10 heteroatoms. The highest BCUT2D eigenvalue weighted by Gasteiger charge is 2.36. The van der Waals surface area contributed by atoms with Crippen LogP contribution in [0.2, 0.25) is 0 Å². The van der Waals surface area contributed by atoms with Crippen molar-refractivity contribution in [3.63, 3.8) is 0 Å². The van der Waals surface area contributed by atoms with Gasteiger partial charge in [0.1, 0.15) is 0 Å². The van der Waals surface area contributed by atoms with E-state index in [2.05, 4.69) is 4.98 Å². The number of hydrogen-bond acceptors (Lipinski definition) is 4. The fraction of sp³-hybridized carbons (Fsp3) is 0.412. The molecule has 2 heterocycles. The van der Waals surface area contributed by atoms with Gasteiger partial charge in [-0.1, -0.05) is 6.07 Å². The average Bonchev–Trinajstić information content (AvgIpc) is 3.07. The molecule has 0 N–H and O–H groups in total. The third-order valence-electron chi connectivity index (χ3n) is 4.64. The van der Waals surface area contributed by atoms with Gasteiger partial charge in [0.15, 0.2) is 0 Å². The fourth-order valence-electron chi connectivity index (χ4n) is 3.16. The van der Waals surface area contributed by atoms with Crippen molar-refractivity contribution in [2.75, 3.05) is 13.1 Å². The van der Waals surface area contributed by atoms with Crippen LogP contribution in [-0.2, 0) is 23.1 Å². The second-order valence-electron chi connectivity index (χ2n) is 6.44. The van der Waals surface area contributed by atoms with E-state index in [4.69, 9.17) is 0 Å². The molecule has 1 amide bonds. The van der Waals surface area contributed by atoms with Crippen LogP contribution in [0.25, 0.3) is 0 Å². The summed E-state index contributed by atoms with van der Waals surface area (Å²) in [5, 5.41) is -0.700. The number of piperidine rings is 1. The number of halogens is 3. The van der Waals surface area contributed by atoms with E-state index in [0.29, 0.717) is 0 Å². The summed E-state index contributed by atoms with van der Waals surface area (Å²) in [6, 6.07) is 4.24. The Kier molecular flexibility index (Phi) is 5.02. The summed E-state index contributed by atoms with van der Waals surface area (Å²) >= 11 is 0. The van der Waals surface area contributed by atoms with Crippen molar-refractivity contribution >= 4 is 15.7 Å². The molecule has 0 spiro atoms. The van der Waals surface area contributed by atoms with E-state index < -0.39 is 32.7 Å². The lowest BCUT2D eigenvalue weighted by atomic mass is 10.1. The molecule has 27 heavy (non-hydrogen) atoms. The molecule has 1 aliphatic rings. The molecule has 0 unspecified atom stereocenters. The summed E-state index contributed by atoms with van der Waals surface area (Å²) < 4.78 is 65.2. The van der Waals surface area contributed by atoms with Gasteiger partial charge in [-0.25, -0.2) is 13.4 Å². The van der Waals surface area contributed by atoms with Gasteiger partial charge in [0.25, 0.3) is 5.91 Å². The molecule has 1 aliphatic heterocycles. The number of carbonyl (C=O) groups is 1. The van der Waals surface area contributed by atoms with E-state index in [1.54, 1.807) is 13.2 Å². The minimum atomic E-state index is -4.53. The van der Waals surface area contributed by atoms with E-state index in [1.807, 2.05) is 0 Å². The summed E-state index contributed by atoms with van der Waals surface area (Å²) in [5.41, 5.74) is -0.948. The van der Waals surface area contributed by atoms with Crippen molar-refractivity contribution < 1.29 is 26.4 Å². The number of sulfone groups is 1. The van der Waals surface area contributed by atoms with Gasteiger partial charge in [0.2, 0.25) is 15.0 Å². The number of carbonyl (C=O) groups excluding carboxylic acids is 1. The van der Waals surface area contributed by atoms with Crippen molar-refractivity contribution in [3.8, 4) is 0 Å². The molecule has 146 valence electrons. The molecule has 0 aliphatic carbocycles. The topological polar surface area (TPSA) is 72.3 Å². The lowest BCUT2D eigenvalue weighted by Crippen LogP contribution is -2.42. The Hall–Kier alpha value is -2.36. The van der Waals surface area contributed by atoms with Crippen molar-refractivity contribution in [2.24, 2.45) is 7.05 Å². The number of amides is 1. The van der Waals surface area contributed by atoms with E-state index in [1.165, 1.54) is 27.8 Å². The first-order valence-electron chi connectivity index (χ1n) is 8.28. The molecule has 0 bridgehead atoms. The van der Waals surface area contributed by atoms with Crippen LogP contribution in [-0.4, -0.2) is 47.1 Å². The molecular weight excluding hydrogens is 383 g/mol. The molecule has 1 aromatic carbocycles. The lowest BCUT2D eigenvalue weighted by Gasteiger charge is -2.31. The summed E-state index contributed by atoms with van der Waals surface area (Å²) in [6.45, 7) is 0.312. The number of benzene rings is 1. The van der Waals surface area contributed by atoms with E-state index >= 15 is 0 Å². The zero-order valence-electron chi connectivity index (χ0n) is 14.5. The SMILES string of the molecule is Cn1ccnc1S(=O)(=O)C1CCN(C(=O)c2cccc(C(F)(F)F)c2)CC1. The Bertz CT molecular complexity index is 946. The highest BCUT2D eigenvalue weighted by molar-refractivity contribution is 7.91. The Labute approximate surface area is 154 Å². The first kappa shape index (κ1) is 19.4. The maximum Gasteiger partial charge on any atom is 0.416 e. The smallest absolute Gasteiger partial charge is 0.339 e. The van der Waals surface area contributed by atoms with Crippen molar-refractivity contribution in [1.82, 2.24) is 14.5 Å². The van der Waals surface area contributed by atoms with Crippen LogP contribution in [0, 0.1) is 0 Å². The number of aryl methyl sites for hydroxylation is 1. The number of imidazole rings is 1. The van der Waals surface area contributed by atoms with Crippen molar-refractivity contribution in [3.05, 3.63) is 47.8 Å². The first-order valence-corrected chi connectivity index (χ1v) is 9.83. The zero-order chi connectivity index (χ0) is 19.8. The number of rotatable bonds is 3. The van der Waals surface area contributed by atoms with Gasteiger partial charge in [-0.15, -0.1) is 0 Å². The van der Waals surface area contributed by atoms with Gasteiger partial charge in [-0.3, -0.25) is 4.79 Å². The average molecular weight is 401 g/mol. The Morgan fingerprint density at radius 2 is 1.89 bits per heavy atom. The van der Waals surface area contributed by atoms with E-state index in [0.717, 1.165) is 12.1 Å². The molecule has 0 saturated carbocycles. The standard InChI is InChI=1S/C17H18F3N3O3S/c1-22-10-7-21-16(22)27(25,26)14-5-8-23(9-6-14)15(24)12-3-2-4-13(11-12)17(18,19)20/h2-4,7,10-11,14H,5-6,8-9H2,1H3. The molecule has 1 aromatic heterocycles. The maximum absolute atomic E-state index is 12.8. The van der Waals surface area contributed by atoms with Crippen LogP contribution in [0.15, 0.2) is 41.8 Å². The molecule has 0 atom stereocenters. The van der Waals surface area contributed by atoms with Gasteiger partial charge in [0, 0.05) is 38.1 Å². The lowest BCUT2D eigenvalue weighted by molar-refractivity contribution is -0.137. The summed E-state index contributed by atoms with van der Waals surface area (Å²) in [4.78, 5) is 17.8. The van der Waals surface area contributed by atoms with Crippen LogP contribution in [0.1, 0.15) is 28.8 Å². The van der Waals surface area contributed by atoms with Crippen LogP contribution < -0.4 is 0 Å². The van der Waals surface area contributed by atoms with Crippen LogP contribution >= 0.6 is 0 Å². The number of alkyl halides is 3. The van der Waals surface area contributed by atoms with Gasteiger partial charge in [-0.2, -0.15) is 13.2 Å². The highest BCUT2D eigenvalue weighted by Crippen LogP contribution is 2.30. The molecule has 2 aromatic rings. The van der Waals surface area contributed by atoms with Crippen LogP contribution in [0.3, 0.4) is 0 Å². The minimum Gasteiger partial charge on any atom is -0.339 e. The molecule has 0 radical (unpaired) electrons. The predicted octanol–water partition coefficient (Wildman–Crippen LogP) is 2.52. The van der Waals surface area contributed by atoms with Gasteiger partial charge in [-0.05, 0) is 31.0 Å². The maximum atomic E-state index is 12.8. The first-order chi connectivity index (χ1) is 12.6. The van der Waals surface area contributed by atoms with Crippen LogP contribution in [0.5, 0.6) is 0 Å². The molecule has 6 nitrogen and oxygen atoms in total. The number of aromatic nitrogens is 2. The zero-order valence-corrected chi connectivity index (χ0v) is 15.3. The second-order valence-corrected chi connectivity index (χ2v) is 8.56. The number of likely N-dealkylation sites (tertiary alicyclic amines) is 1. The van der Waals surface area contributed by atoms with Crippen molar-refractivity contribution in [2.45, 2.75) is 29.4 Å². The van der Waals surface area contributed by atoms with Gasteiger partial charge < -0.3 is 9.47 Å². The van der Waals surface area contributed by atoms with Crippen molar-refractivity contribution in [1.29, 1.82) is 0 Å². The normalized spacial score (nSPS) is 16.5. The summed E-state index contributed by atoms with van der Waals surface area (Å²) in [6.07, 6.45) is -1.17. The number of nitrogens with zero attached hydrogens (tertiary/aromatic N) is 3. The molecule has 3 rings (SSSR count). The third-order valence-corrected chi connectivity index (χ3v) is 6.89. The monoisotopic (exact) mass is 401 g/mol. The molecular formula is C17H18F3N3O3S. The molecule has 1 saturated heterocycles. The predicted molar refractivity (Wildman–Crippen MR) is 90.8 cm³/mol. The van der Waals surface area contributed by atoms with E-state index in [9.17, 15) is 26.4 Å². The minimum absolute atomic E-state index is 0.0230. The summed E-state index contributed by atoms with van der Waals surface area (Å²) in [5.74, 6) is -0.533. The Morgan fingerprint density at radius 1 is 1.22 bits per heavy atom. The highest BCUT2D eigenvalue weighted by atomic mass is 32.2. The molecule has 1 fully saturated rings. The Morgan fingerprint density at radius 3 is 2.44 bits per heavy atom. The summed E-state index contributed by atoms with van der Waals surface area (Å²) in [7, 11) is -2.03. The number of hydrogen-bond donors (Lipinski definition) is 0.